The molecule has 1 fully saturated rings. The molecule has 1 saturated carbocycles. The topological polar surface area (TPSA) is 37.8 Å². The molecule has 1 aromatic rings. The lowest BCUT2D eigenvalue weighted by molar-refractivity contribution is 0.692. The molecule has 3 heteroatoms. The first kappa shape index (κ1) is 8.48. The molecule has 0 spiro atoms. The van der Waals surface area contributed by atoms with Crippen LogP contribution in [0.25, 0.3) is 0 Å². The summed E-state index contributed by atoms with van der Waals surface area (Å²) in [4.78, 5) is 8.19. The van der Waals surface area contributed by atoms with Gasteiger partial charge in [-0.2, -0.15) is 0 Å². The van der Waals surface area contributed by atoms with Crippen molar-refractivity contribution in [1.29, 1.82) is 0 Å². The van der Waals surface area contributed by atoms with E-state index >= 15 is 0 Å². The second-order valence-corrected chi connectivity index (χ2v) is 3.63. The molecule has 1 aliphatic carbocycles. The van der Waals surface area contributed by atoms with Gasteiger partial charge in [0.1, 0.15) is 5.82 Å². The zero-order valence-electron chi connectivity index (χ0n) is 7.90. The van der Waals surface area contributed by atoms with E-state index < -0.39 is 0 Å². The number of anilines is 1. The van der Waals surface area contributed by atoms with E-state index in [1.807, 2.05) is 0 Å². The molecule has 1 aromatic heterocycles. The second-order valence-electron chi connectivity index (χ2n) is 3.63. The Hall–Kier alpha value is -1.12. The van der Waals surface area contributed by atoms with E-state index in [4.69, 9.17) is 0 Å². The summed E-state index contributed by atoms with van der Waals surface area (Å²) >= 11 is 0. The van der Waals surface area contributed by atoms with Crippen LogP contribution in [-0.4, -0.2) is 16.0 Å². The van der Waals surface area contributed by atoms with Gasteiger partial charge in [0.2, 0.25) is 0 Å². The molecule has 0 radical (unpaired) electrons. The van der Waals surface area contributed by atoms with Gasteiger partial charge in [-0.1, -0.05) is 13.3 Å². The molecular weight excluding hydrogens is 162 g/mol. The van der Waals surface area contributed by atoms with Gasteiger partial charge in [-0.3, -0.25) is 4.98 Å². The first-order chi connectivity index (χ1) is 6.40. The van der Waals surface area contributed by atoms with Gasteiger partial charge in [-0.25, -0.2) is 4.98 Å². The molecule has 2 unspecified atom stereocenters. The van der Waals surface area contributed by atoms with Gasteiger partial charge >= 0.3 is 0 Å². The zero-order valence-corrected chi connectivity index (χ0v) is 7.90. The van der Waals surface area contributed by atoms with Gasteiger partial charge in [0.25, 0.3) is 0 Å². The smallest absolute Gasteiger partial charge is 0.144 e. The van der Waals surface area contributed by atoms with Gasteiger partial charge in [-0.05, 0) is 18.8 Å². The summed E-state index contributed by atoms with van der Waals surface area (Å²) in [5.74, 6) is 1.78. The van der Waals surface area contributed by atoms with Crippen molar-refractivity contribution in [1.82, 2.24) is 9.97 Å². The molecule has 0 aromatic carbocycles. The van der Waals surface area contributed by atoms with E-state index in [1.165, 1.54) is 19.3 Å². The van der Waals surface area contributed by atoms with E-state index in [0.29, 0.717) is 6.04 Å². The van der Waals surface area contributed by atoms with Crippen molar-refractivity contribution in [2.75, 3.05) is 5.32 Å². The predicted octanol–water partition coefficient (Wildman–Crippen LogP) is 2.08. The third-order valence-corrected chi connectivity index (χ3v) is 2.48. The van der Waals surface area contributed by atoms with Crippen molar-refractivity contribution >= 4 is 5.82 Å². The van der Waals surface area contributed by atoms with Crippen molar-refractivity contribution in [2.45, 2.75) is 32.2 Å². The largest absolute Gasteiger partial charge is 0.366 e. The normalized spacial score (nSPS) is 25.6. The first-order valence-electron chi connectivity index (χ1n) is 4.92. The zero-order chi connectivity index (χ0) is 9.10. The lowest BCUT2D eigenvalue weighted by Gasteiger charge is -2.02. The average molecular weight is 177 g/mol. The fourth-order valence-electron chi connectivity index (χ4n) is 1.68. The van der Waals surface area contributed by atoms with Crippen molar-refractivity contribution < 1.29 is 0 Å². The predicted molar refractivity (Wildman–Crippen MR) is 52.5 cm³/mol. The molecule has 0 saturated heterocycles. The maximum Gasteiger partial charge on any atom is 0.144 e. The van der Waals surface area contributed by atoms with E-state index in [2.05, 4.69) is 22.2 Å². The number of hydrogen-bond acceptors (Lipinski definition) is 3. The number of nitrogens with one attached hydrogen (secondary N) is 1. The lowest BCUT2D eigenvalue weighted by Crippen LogP contribution is -2.06. The Labute approximate surface area is 78.6 Å². The Morgan fingerprint density at radius 1 is 1.54 bits per heavy atom. The Morgan fingerprint density at radius 2 is 2.46 bits per heavy atom. The Balaban J connectivity index is 1.81. The minimum atomic E-state index is 0.650. The maximum atomic E-state index is 4.18. The summed E-state index contributed by atoms with van der Waals surface area (Å²) in [6, 6.07) is 0.650. The molecule has 1 heterocycles. The summed E-state index contributed by atoms with van der Waals surface area (Å²) in [6.07, 6.45) is 9.11. The lowest BCUT2D eigenvalue weighted by atomic mass is 10.2. The number of aromatic nitrogens is 2. The summed E-state index contributed by atoms with van der Waals surface area (Å²) < 4.78 is 0. The summed E-state index contributed by atoms with van der Waals surface area (Å²) in [6.45, 7) is 2.23. The monoisotopic (exact) mass is 177 g/mol. The van der Waals surface area contributed by atoms with Crippen molar-refractivity contribution in [2.24, 2.45) is 5.92 Å². The van der Waals surface area contributed by atoms with Gasteiger partial charge in [0.15, 0.2) is 0 Å². The molecule has 70 valence electrons. The molecule has 0 amide bonds. The van der Waals surface area contributed by atoms with Crippen LogP contribution in [-0.2, 0) is 0 Å². The van der Waals surface area contributed by atoms with Crippen LogP contribution in [0.5, 0.6) is 0 Å². The van der Waals surface area contributed by atoms with Gasteiger partial charge in [0, 0.05) is 18.4 Å². The van der Waals surface area contributed by atoms with Crippen LogP contribution in [0.1, 0.15) is 26.2 Å². The van der Waals surface area contributed by atoms with E-state index in [0.717, 1.165) is 11.7 Å². The molecule has 2 rings (SSSR count). The molecule has 0 bridgehead atoms. The molecule has 1 N–H and O–H groups in total. The van der Waals surface area contributed by atoms with E-state index in [-0.39, 0.29) is 0 Å². The average Bonchev–Trinajstić information content (AvgIpc) is 2.86. The highest BCUT2D eigenvalue weighted by Gasteiger charge is 2.35. The molecule has 0 aliphatic heterocycles. The highest BCUT2D eigenvalue weighted by molar-refractivity contribution is 5.34. The first-order valence-corrected chi connectivity index (χ1v) is 4.92. The van der Waals surface area contributed by atoms with Gasteiger partial charge in [0.05, 0.1) is 6.20 Å². The number of rotatable bonds is 4. The van der Waals surface area contributed by atoms with E-state index in [1.54, 1.807) is 18.6 Å². The molecular formula is C10H15N3. The molecule has 3 nitrogen and oxygen atoms in total. The van der Waals surface area contributed by atoms with Crippen LogP contribution < -0.4 is 5.32 Å². The minimum absolute atomic E-state index is 0.650. The van der Waals surface area contributed by atoms with Crippen molar-refractivity contribution in [3.63, 3.8) is 0 Å². The molecule has 2 atom stereocenters. The summed E-state index contributed by atoms with van der Waals surface area (Å²) in [5, 5.41) is 3.38. The fraction of sp³-hybridized carbons (Fsp3) is 0.600. The van der Waals surface area contributed by atoms with Gasteiger partial charge in [-0.15, -0.1) is 0 Å². The van der Waals surface area contributed by atoms with Crippen LogP contribution in [0.15, 0.2) is 18.6 Å². The van der Waals surface area contributed by atoms with Crippen LogP contribution in [0.4, 0.5) is 5.82 Å². The summed E-state index contributed by atoms with van der Waals surface area (Å²) in [7, 11) is 0. The Morgan fingerprint density at radius 3 is 3.15 bits per heavy atom. The quantitative estimate of drug-likeness (QED) is 0.765. The molecule has 13 heavy (non-hydrogen) atoms. The van der Waals surface area contributed by atoms with Crippen LogP contribution in [0.2, 0.25) is 0 Å². The standard InChI is InChI=1S/C10H15N3/c1-2-3-8-6-9(8)13-10-7-11-4-5-12-10/h4-5,7-9H,2-3,6H2,1H3,(H,12,13). The fourth-order valence-corrected chi connectivity index (χ4v) is 1.68. The Bertz CT molecular complexity index is 260. The highest BCUT2D eigenvalue weighted by atomic mass is 15.1. The summed E-state index contributed by atoms with van der Waals surface area (Å²) in [5.41, 5.74) is 0. The van der Waals surface area contributed by atoms with Crippen molar-refractivity contribution in [3.8, 4) is 0 Å². The Kier molecular flexibility index (Phi) is 2.43. The van der Waals surface area contributed by atoms with Gasteiger partial charge < -0.3 is 5.32 Å². The van der Waals surface area contributed by atoms with Crippen LogP contribution in [0.3, 0.4) is 0 Å². The molecule has 1 aliphatic rings. The third kappa shape index (κ3) is 2.17. The van der Waals surface area contributed by atoms with E-state index in [9.17, 15) is 0 Å². The van der Waals surface area contributed by atoms with Crippen LogP contribution in [0, 0.1) is 5.92 Å². The second kappa shape index (κ2) is 3.73. The third-order valence-electron chi connectivity index (χ3n) is 2.48. The van der Waals surface area contributed by atoms with Crippen LogP contribution >= 0.6 is 0 Å². The minimum Gasteiger partial charge on any atom is -0.366 e. The number of hydrogen-bond donors (Lipinski definition) is 1. The van der Waals surface area contributed by atoms with Crippen molar-refractivity contribution in [3.05, 3.63) is 18.6 Å². The SMILES string of the molecule is CCCC1CC1Nc1cnccn1. The maximum absolute atomic E-state index is 4.18. The number of nitrogens with zero attached hydrogens (tertiary/aromatic N) is 2. The highest BCUT2D eigenvalue weighted by Crippen LogP contribution is 2.36.